The van der Waals surface area contributed by atoms with E-state index < -0.39 is 5.76 Å². The van der Waals surface area contributed by atoms with E-state index in [9.17, 15) is 9.59 Å². The van der Waals surface area contributed by atoms with Crippen molar-refractivity contribution >= 4 is 35.1 Å². The van der Waals surface area contributed by atoms with Gasteiger partial charge in [-0.3, -0.25) is 9.36 Å². The van der Waals surface area contributed by atoms with Crippen molar-refractivity contribution < 1.29 is 9.21 Å². The summed E-state index contributed by atoms with van der Waals surface area (Å²) in [5.74, 6) is 0.213. The van der Waals surface area contributed by atoms with Gasteiger partial charge in [0, 0.05) is 19.2 Å². The summed E-state index contributed by atoms with van der Waals surface area (Å²) >= 11 is 0. The number of hydrogen-bond donors (Lipinski definition) is 2. The molecule has 3 rings (SSSR count). The number of fused-ring (bicyclic) bond motifs is 1. The van der Waals surface area contributed by atoms with Crippen LogP contribution in [-0.2, 0) is 11.8 Å². The third-order valence-corrected chi connectivity index (χ3v) is 4.02. The van der Waals surface area contributed by atoms with E-state index in [0.717, 1.165) is 25.9 Å². The van der Waals surface area contributed by atoms with E-state index in [4.69, 9.17) is 4.42 Å². The molecule has 1 fully saturated rings. The molecule has 1 aromatic carbocycles. The second-order valence-corrected chi connectivity index (χ2v) is 5.56. The average molecular weight is 326 g/mol. The highest BCUT2D eigenvalue weighted by molar-refractivity contribution is 5.92. The number of nitrogens with zero attached hydrogens (tertiary/aromatic N) is 1. The van der Waals surface area contributed by atoms with Gasteiger partial charge >= 0.3 is 5.76 Å². The number of nitrogens with one attached hydrogen (secondary N) is 2. The summed E-state index contributed by atoms with van der Waals surface area (Å²) in [5, 5.41) is 6.18. The lowest BCUT2D eigenvalue weighted by Crippen LogP contribution is -2.15. The van der Waals surface area contributed by atoms with Crippen LogP contribution in [0.3, 0.4) is 0 Å². The number of aryl methyl sites for hydroxylation is 1. The molecule has 2 aromatic rings. The van der Waals surface area contributed by atoms with Crippen LogP contribution in [0.15, 0.2) is 27.4 Å². The zero-order valence-electron chi connectivity index (χ0n) is 12.4. The van der Waals surface area contributed by atoms with Gasteiger partial charge in [0.2, 0.25) is 5.91 Å². The number of oxazole rings is 1. The molecule has 0 radical (unpaired) electrons. The van der Waals surface area contributed by atoms with Crippen LogP contribution in [0.2, 0.25) is 0 Å². The van der Waals surface area contributed by atoms with Gasteiger partial charge in [-0.2, -0.15) is 0 Å². The fraction of sp³-hybridized carbons (Fsp3) is 0.467. The molecule has 1 unspecified atom stereocenters. The minimum absolute atomic E-state index is 0. The van der Waals surface area contributed by atoms with Crippen LogP contribution in [0, 0.1) is 5.92 Å². The number of aromatic nitrogens is 1. The first-order valence-electron chi connectivity index (χ1n) is 7.23. The molecule has 1 saturated heterocycles. The Balaban J connectivity index is 0.00000176. The molecule has 1 aromatic heterocycles. The largest absolute Gasteiger partial charge is 0.419 e. The first-order chi connectivity index (χ1) is 10.1. The molecule has 0 saturated carbocycles. The number of carbonyl (C=O) groups is 1. The number of carbonyl (C=O) groups excluding carboxylic acids is 1. The molecule has 120 valence electrons. The normalized spacial score (nSPS) is 17.4. The van der Waals surface area contributed by atoms with E-state index in [0.29, 0.717) is 29.1 Å². The van der Waals surface area contributed by atoms with Crippen molar-refractivity contribution in [2.75, 3.05) is 18.4 Å². The Bertz CT molecular complexity index is 716. The highest BCUT2D eigenvalue weighted by atomic mass is 35.5. The SMILES string of the molecule is Cl.Cn1c(=O)oc2ccc(NC(=O)CCC3CCNC3)cc21. The van der Waals surface area contributed by atoms with E-state index in [1.807, 2.05) is 0 Å². The zero-order chi connectivity index (χ0) is 14.8. The third-order valence-electron chi connectivity index (χ3n) is 4.02. The standard InChI is InChI=1S/C15H19N3O3.ClH/c1-18-12-8-11(3-4-13(12)21-15(18)20)17-14(19)5-2-10-6-7-16-9-10;/h3-4,8,10,16H,2,5-7,9H2,1H3,(H,17,19);1H. The summed E-state index contributed by atoms with van der Waals surface area (Å²) in [4.78, 5) is 23.4. The third kappa shape index (κ3) is 3.51. The van der Waals surface area contributed by atoms with E-state index in [2.05, 4.69) is 10.6 Å². The Morgan fingerprint density at radius 3 is 3.05 bits per heavy atom. The van der Waals surface area contributed by atoms with Crippen molar-refractivity contribution in [1.29, 1.82) is 0 Å². The summed E-state index contributed by atoms with van der Waals surface area (Å²) in [6.07, 6.45) is 2.58. The molecule has 2 N–H and O–H groups in total. The first kappa shape index (κ1) is 16.6. The summed E-state index contributed by atoms with van der Waals surface area (Å²) in [7, 11) is 1.65. The van der Waals surface area contributed by atoms with Gasteiger partial charge < -0.3 is 15.1 Å². The maximum atomic E-state index is 12.0. The number of amides is 1. The molecule has 1 amide bonds. The van der Waals surface area contributed by atoms with Gasteiger partial charge in [0.15, 0.2) is 5.58 Å². The second-order valence-electron chi connectivity index (χ2n) is 5.56. The monoisotopic (exact) mass is 325 g/mol. The lowest BCUT2D eigenvalue weighted by Gasteiger charge is -2.08. The summed E-state index contributed by atoms with van der Waals surface area (Å²) in [6.45, 7) is 2.06. The average Bonchev–Trinajstić information content (AvgIpc) is 3.07. The predicted molar refractivity (Wildman–Crippen MR) is 87.5 cm³/mol. The number of anilines is 1. The molecule has 0 bridgehead atoms. The van der Waals surface area contributed by atoms with Crippen LogP contribution in [0.25, 0.3) is 11.1 Å². The predicted octanol–water partition coefficient (Wildman–Crippen LogP) is 1.88. The Kier molecular flexibility index (Phi) is 5.26. The van der Waals surface area contributed by atoms with Crippen molar-refractivity contribution in [1.82, 2.24) is 9.88 Å². The van der Waals surface area contributed by atoms with E-state index >= 15 is 0 Å². The van der Waals surface area contributed by atoms with Crippen LogP contribution in [-0.4, -0.2) is 23.6 Å². The minimum atomic E-state index is -0.401. The van der Waals surface area contributed by atoms with Crippen molar-refractivity contribution in [3.63, 3.8) is 0 Å². The first-order valence-corrected chi connectivity index (χ1v) is 7.23. The lowest BCUT2D eigenvalue weighted by atomic mass is 10.0. The van der Waals surface area contributed by atoms with Gasteiger partial charge in [-0.15, -0.1) is 12.4 Å². The topological polar surface area (TPSA) is 76.3 Å². The van der Waals surface area contributed by atoms with Gasteiger partial charge in [0.05, 0.1) is 5.52 Å². The molecule has 22 heavy (non-hydrogen) atoms. The van der Waals surface area contributed by atoms with Gasteiger partial charge in [-0.1, -0.05) is 0 Å². The fourth-order valence-electron chi connectivity index (χ4n) is 2.72. The number of halogens is 1. The Morgan fingerprint density at radius 2 is 2.32 bits per heavy atom. The number of benzene rings is 1. The highest BCUT2D eigenvalue weighted by Crippen LogP contribution is 2.19. The van der Waals surface area contributed by atoms with Gasteiger partial charge in [0.25, 0.3) is 0 Å². The Labute approximate surface area is 134 Å². The summed E-state index contributed by atoms with van der Waals surface area (Å²) in [6, 6.07) is 5.21. The van der Waals surface area contributed by atoms with Crippen molar-refractivity contribution in [2.45, 2.75) is 19.3 Å². The molecule has 0 aliphatic carbocycles. The summed E-state index contributed by atoms with van der Waals surface area (Å²) < 4.78 is 6.49. The molecule has 1 aliphatic rings. The Morgan fingerprint density at radius 1 is 1.50 bits per heavy atom. The molecule has 1 atom stereocenters. The highest BCUT2D eigenvalue weighted by Gasteiger charge is 2.16. The van der Waals surface area contributed by atoms with Gasteiger partial charge in [0.1, 0.15) is 0 Å². The van der Waals surface area contributed by atoms with Crippen molar-refractivity contribution in [3.05, 3.63) is 28.7 Å². The maximum Gasteiger partial charge on any atom is 0.419 e. The van der Waals surface area contributed by atoms with E-state index in [1.54, 1.807) is 25.2 Å². The van der Waals surface area contributed by atoms with Crippen molar-refractivity contribution in [3.8, 4) is 0 Å². The van der Waals surface area contributed by atoms with E-state index in [-0.39, 0.29) is 18.3 Å². The summed E-state index contributed by atoms with van der Waals surface area (Å²) in [5.41, 5.74) is 1.89. The number of rotatable bonds is 4. The van der Waals surface area contributed by atoms with E-state index in [1.165, 1.54) is 4.57 Å². The number of hydrogen-bond acceptors (Lipinski definition) is 4. The molecule has 7 heteroatoms. The van der Waals surface area contributed by atoms with Gasteiger partial charge in [-0.25, -0.2) is 4.79 Å². The molecule has 2 heterocycles. The van der Waals surface area contributed by atoms with Gasteiger partial charge in [-0.05, 0) is 50.0 Å². The maximum absolute atomic E-state index is 12.0. The molecule has 1 aliphatic heterocycles. The Hall–Kier alpha value is -1.79. The van der Waals surface area contributed by atoms with Crippen LogP contribution >= 0.6 is 12.4 Å². The molecule has 6 nitrogen and oxygen atoms in total. The second kappa shape index (κ2) is 6.98. The molecular formula is C15H20ClN3O3. The van der Waals surface area contributed by atoms with Crippen molar-refractivity contribution in [2.24, 2.45) is 13.0 Å². The van der Waals surface area contributed by atoms with Crippen LogP contribution in [0.1, 0.15) is 19.3 Å². The minimum Gasteiger partial charge on any atom is -0.408 e. The zero-order valence-corrected chi connectivity index (χ0v) is 13.2. The van der Waals surface area contributed by atoms with Crippen LogP contribution < -0.4 is 16.4 Å². The lowest BCUT2D eigenvalue weighted by molar-refractivity contribution is -0.116. The smallest absolute Gasteiger partial charge is 0.408 e. The quantitative estimate of drug-likeness (QED) is 0.900. The molecule has 0 spiro atoms. The van der Waals surface area contributed by atoms with Crippen LogP contribution in [0.4, 0.5) is 5.69 Å². The molecular weight excluding hydrogens is 306 g/mol. The fourth-order valence-corrected chi connectivity index (χ4v) is 2.72. The van der Waals surface area contributed by atoms with Crippen LogP contribution in [0.5, 0.6) is 0 Å².